The molecule has 0 bridgehead atoms. The number of rotatable bonds is 1. The molecule has 84 valence electrons. The first-order valence-electron chi connectivity index (χ1n) is 4.92. The van der Waals surface area contributed by atoms with Crippen molar-refractivity contribution in [1.29, 1.82) is 0 Å². The lowest BCUT2D eigenvalue weighted by Gasteiger charge is -2.02. The molecule has 0 saturated heterocycles. The summed E-state index contributed by atoms with van der Waals surface area (Å²) >= 11 is 5.11. The van der Waals surface area contributed by atoms with Crippen molar-refractivity contribution < 1.29 is 0 Å². The van der Waals surface area contributed by atoms with Gasteiger partial charge < -0.3 is 0 Å². The molecule has 3 aromatic rings. The quantitative estimate of drug-likeness (QED) is 0.692. The minimum Gasteiger partial charge on any atom is -0.244 e. The van der Waals surface area contributed by atoms with E-state index in [-0.39, 0.29) is 0 Å². The molecule has 0 aromatic carbocycles. The summed E-state index contributed by atoms with van der Waals surface area (Å²) in [6.45, 7) is 1.89. The molecule has 3 rings (SSSR count). The van der Waals surface area contributed by atoms with Gasteiger partial charge in [0.1, 0.15) is 12.2 Å². The average Bonchev–Trinajstić information content (AvgIpc) is 2.72. The Morgan fingerprint density at radius 3 is 2.71 bits per heavy atom. The SMILES string of the molecule is Cc1nc(-c2cncnc2)c2scc(Br)c2n1. The Hall–Kier alpha value is -1.40. The van der Waals surface area contributed by atoms with Crippen molar-refractivity contribution >= 4 is 37.5 Å². The summed E-state index contributed by atoms with van der Waals surface area (Å²) in [6, 6.07) is 0. The second-order valence-corrected chi connectivity index (χ2v) is 5.24. The Labute approximate surface area is 110 Å². The topological polar surface area (TPSA) is 51.6 Å². The highest BCUT2D eigenvalue weighted by atomic mass is 79.9. The minimum absolute atomic E-state index is 0.746. The molecule has 0 N–H and O–H groups in total. The van der Waals surface area contributed by atoms with Gasteiger partial charge in [0.25, 0.3) is 0 Å². The number of hydrogen-bond donors (Lipinski definition) is 0. The zero-order chi connectivity index (χ0) is 11.8. The number of aryl methyl sites for hydroxylation is 1. The molecule has 0 radical (unpaired) electrons. The molecule has 0 atom stereocenters. The van der Waals surface area contributed by atoms with Crippen LogP contribution in [-0.2, 0) is 0 Å². The third kappa shape index (κ3) is 1.83. The summed E-state index contributed by atoms with van der Waals surface area (Å²) in [7, 11) is 0. The van der Waals surface area contributed by atoms with E-state index < -0.39 is 0 Å². The van der Waals surface area contributed by atoms with Crippen molar-refractivity contribution in [3.05, 3.63) is 34.4 Å². The van der Waals surface area contributed by atoms with Gasteiger partial charge in [-0.25, -0.2) is 19.9 Å². The lowest BCUT2D eigenvalue weighted by atomic mass is 10.2. The first-order valence-corrected chi connectivity index (χ1v) is 6.59. The van der Waals surface area contributed by atoms with Crippen LogP contribution < -0.4 is 0 Å². The highest BCUT2D eigenvalue weighted by Crippen LogP contribution is 2.34. The Kier molecular flexibility index (Phi) is 2.60. The number of thiophene rings is 1. The van der Waals surface area contributed by atoms with Crippen LogP contribution in [0.25, 0.3) is 21.5 Å². The molecule has 6 heteroatoms. The van der Waals surface area contributed by atoms with Gasteiger partial charge in [-0.2, -0.15) is 0 Å². The van der Waals surface area contributed by atoms with Gasteiger partial charge in [0.05, 0.1) is 20.4 Å². The molecule has 0 spiro atoms. The van der Waals surface area contributed by atoms with Crippen molar-refractivity contribution in [3.63, 3.8) is 0 Å². The molecule has 4 nitrogen and oxygen atoms in total. The Morgan fingerprint density at radius 1 is 1.18 bits per heavy atom. The van der Waals surface area contributed by atoms with Gasteiger partial charge in [0, 0.05) is 23.3 Å². The predicted molar refractivity (Wildman–Crippen MR) is 70.9 cm³/mol. The van der Waals surface area contributed by atoms with E-state index in [1.807, 2.05) is 12.3 Å². The molecule has 3 heterocycles. The Morgan fingerprint density at radius 2 is 1.94 bits per heavy atom. The van der Waals surface area contributed by atoms with E-state index in [9.17, 15) is 0 Å². The fourth-order valence-corrected chi connectivity index (χ4v) is 3.19. The molecule has 0 amide bonds. The third-order valence-corrected chi connectivity index (χ3v) is 4.20. The van der Waals surface area contributed by atoms with Gasteiger partial charge in [-0.15, -0.1) is 11.3 Å². The van der Waals surface area contributed by atoms with Gasteiger partial charge in [-0.3, -0.25) is 0 Å². The lowest BCUT2D eigenvalue weighted by Crippen LogP contribution is -1.92. The second kappa shape index (κ2) is 4.12. The average molecular weight is 307 g/mol. The number of halogens is 1. The maximum absolute atomic E-state index is 4.48. The third-order valence-electron chi connectivity index (χ3n) is 2.32. The van der Waals surface area contributed by atoms with E-state index in [1.165, 1.54) is 6.33 Å². The van der Waals surface area contributed by atoms with E-state index in [0.29, 0.717) is 0 Å². The molecule has 3 aromatic heterocycles. The van der Waals surface area contributed by atoms with Crippen LogP contribution in [0, 0.1) is 6.92 Å². The van der Waals surface area contributed by atoms with Gasteiger partial charge >= 0.3 is 0 Å². The monoisotopic (exact) mass is 306 g/mol. The molecule has 17 heavy (non-hydrogen) atoms. The molecule has 0 aliphatic carbocycles. The van der Waals surface area contributed by atoms with Crippen molar-refractivity contribution in [2.45, 2.75) is 6.92 Å². The normalized spacial score (nSPS) is 10.9. The van der Waals surface area contributed by atoms with Crippen LogP contribution in [0.1, 0.15) is 5.82 Å². The van der Waals surface area contributed by atoms with Crippen LogP contribution in [-0.4, -0.2) is 19.9 Å². The molecule has 0 fully saturated rings. The summed E-state index contributed by atoms with van der Waals surface area (Å²) < 4.78 is 2.05. The van der Waals surface area contributed by atoms with Crippen molar-refractivity contribution in [1.82, 2.24) is 19.9 Å². The number of hydrogen-bond acceptors (Lipinski definition) is 5. The van der Waals surface area contributed by atoms with E-state index in [1.54, 1.807) is 23.7 Å². The highest BCUT2D eigenvalue weighted by molar-refractivity contribution is 9.10. The van der Waals surface area contributed by atoms with Crippen LogP contribution in [0.15, 0.2) is 28.6 Å². The van der Waals surface area contributed by atoms with Crippen molar-refractivity contribution in [3.8, 4) is 11.3 Å². The highest BCUT2D eigenvalue weighted by Gasteiger charge is 2.12. The Balaban J connectivity index is 2.36. The summed E-state index contributed by atoms with van der Waals surface area (Å²) in [4.78, 5) is 17.0. The number of nitrogens with zero attached hydrogens (tertiary/aromatic N) is 4. The summed E-state index contributed by atoms with van der Waals surface area (Å²) in [6.07, 6.45) is 5.04. The second-order valence-electron chi connectivity index (χ2n) is 3.51. The fraction of sp³-hybridized carbons (Fsp3) is 0.0909. The fourth-order valence-electron chi connectivity index (χ4n) is 1.62. The zero-order valence-electron chi connectivity index (χ0n) is 8.88. The molecular weight excluding hydrogens is 300 g/mol. The molecular formula is C11H7BrN4S. The van der Waals surface area contributed by atoms with Gasteiger partial charge in [-0.05, 0) is 22.9 Å². The van der Waals surface area contributed by atoms with Crippen LogP contribution in [0.3, 0.4) is 0 Å². The maximum atomic E-state index is 4.48. The van der Waals surface area contributed by atoms with Crippen LogP contribution in [0.4, 0.5) is 0 Å². The first-order chi connectivity index (χ1) is 8.25. The van der Waals surface area contributed by atoms with E-state index in [0.717, 1.165) is 31.8 Å². The molecule has 0 saturated carbocycles. The molecule has 0 aliphatic rings. The maximum Gasteiger partial charge on any atom is 0.126 e. The predicted octanol–water partition coefficient (Wildman–Crippen LogP) is 3.22. The van der Waals surface area contributed by atoms with E-state index in [4.69, 9.17) is 0 Å². The summed E-state index contributed by atoms with van der Waals surface area (Å²) in [5.74, 6) is 0.746. The largest absolute Gasteiger partial charge is 0.244 e. The van der Waals surface area contributed by atoms with Gasteiger partial charge in [-0.1, -0.05) is 0 Å². The minimum atomic E-state index is 0.746. The standard InChI is InChI=1S/C11H7BrN4S/c1-6-15-9(7-2-13-5-14-3-7)11-10(16-6)8(12)4-17-11/h2-5H,1H3. The van der Waals surface area contributed by atoms with Gasteiger partial charge in [0.15, 0.2) is 0 Å². The van der Waals surface area contributed by atoms with Crippen molar-refractivity contribution in [2.24, 2.45) is 0 Å². The molecule has 0 unspecified atom stereocenters. The van der Waals surface area contributed by atoms with E-state index in [2.05, 4.69) is 35.9 Å². The number of fused-ring (bicyclic) bond motifs is 1. The van der Waals surface area contributed by atoms with Crippen LogP contribution >= 0.6 is 27.3 Å². The van der Waals surface area contributed by atoms with Crippen LogP contribution in [0.2, 0.25) is 0 Å². The van der Waals surface area contributed by atoms with Crippen molar-refractivity contribution in [2.75, 3.05) is 0 Å². The smallest absolute Gasteiger partial charge is 0.126 e. The lowest BCUT2D eigenvalue weighted by molar-refractivity contribution is 1.09. The first kappa shape index (κ1) is 10.7. The Bertz CT molecular complexity index is 681. The van der Waals surface area contributed by atoms with Gasteiger partial charge in [0.2, 0.25) is 0 Å². The number of aromatic nitrogens is 4. The summed E-state index contributed by atoms with van der Waals surface area (Å²) in [5, 5.41) is 2.02. The van der Waals surface area contributed by atoms with E-state index >= 15 is 0 Å². The zero-order valence-corrected chi connectivity index (χ0v) is 11.3. The summed E-state index contributed by atoms with van der Waals surface area (Å²) in [5.41, 5.74) is 2.75. The molecule has 0 aliphatic heterocycles. The van der Waals surface area contributed by atoms with Crippen LogP contribution in [0.5, 0.6) is 0 Å².